The van der Waals surface area contributed by atoms with Gasteiger partial charge in [0, 0.05) is 23.0 Å². The fourth-order valence-corrected chi connectivity index (χ4v) is 1.46. The number of hydrogen-bond acceptors (Lipinski definition) is 3. The average molecular weight is 221 g/mol. The number of nitrogens with zero attached hydrogens (tertiary/aromatic N) is 2. The van der Waals surface area contributed by atoms with Crippen molar-refractivity contribution in [1.29, 1.82) is 0 Å². The molecule has 0 saturated heterocycles. The lowest BCUT2D eigenvalue weighted by atomic mass is 10.1. The lowest BCUT2D eigenvalue weighted by Gasteiger charge is -2.04. The number of aliphatic hydroxyl groups excluding tert-OH is 1. The Kier molecular flexibility index (Phi) is 2.94. The fourth-order valence-electron chi connectivity index (χ4n) is 1.33. The van der Waals surface area contributed by atoms with Crippen molar-refractivity contribution in [2.24, 2.45) is 0 Å². The molecule has 0 atom stereocenters. The highest BCUT2D eigenvalue weighted by Gasteiger charge is 2.05. The maximum Gasteiger partial charge on any atom is 0.0941 e. The monoisotopic (exact) mass is 220 g/mol. The van der Waals surface area contributed by atoms with Crippen molar-refractivity contribution in [2.75, 3.05) is 0 Å². The fraction of sp³-hybridized carbons (Fsp3) is 0.0909. The zero-order valence-electron chi connectivity index (χ0n) is 7.89. The highest BCUT2D eigenvalue weighted by molar-refractivity contribution is 6.30. The molecule has 3 nitrogen and oxygen atoms in total. The first-order chi connectivity index (χ1) is 7.31. The van der Waals surface area contributed by atoms with Gasteiger partial charge in [-0.05, 0) is 12.1 Å². The molecule has 15 heavy (non-hydrogen) atoms. The van der Waals surface area contributed by atoms with Crippen molar-refractivity contribution in [2.45, 2.75) is 6.61 Å². The Morgan fingerprint density at radius 2 is 1.73 bits per heavy atom. The average Bonchev–Trinajstić information content (AvgIpc) is 2.30. The Morgan fingerprint density at radius 1 is 1.07 bits per heavy atom. The highest BCUT2D eigenvalue weighted by atomic mass is 35.5. The normalized spacial score (nSPS) is 10.3. The van der Waals surface area contributed by atoms with Crippen molar-refractivity contribution in [3.05, 3.63) is 47.4 Å². The van der Waals surface area contributed by atoms with E-state index in [1.807, 2.05) is 12.1 Å². The molecule has 0 saturated carbocycles. The van der Waals surface area contributed by atoms with Crippen LogP contribution in [0.5, 0.6) is 0 Å². The SMILES string of the molecule is OCc1nccnc1-c1ccc(Cl)cc1. The molecule has 2 rings (SSSR count). The van der Waals surface area contributed by atoms with Crippen molar-refractivity contribution < 1.29 is 5.11 Å². The van der Waals surface area contributed by atoms with Gasteiger partial charge in [0.1, 0.15) is 0 Å². The molecule has 1 aromatic heterocycles. The zero-order chi connectivity index (χ0) is 10.7. The van der Waals surface area contributed by atoms with Crippen LogP contribution in [0.1, 0.15) is 5.69 Å². The molecule has 0 amide bonds. The van der Waals surface area contributed by atoms with Crippen LogP contribution in [0.15, 0.2) is 36.7 Å². The van der Waals surface area contributed by atoms with E-state index in [2.05, 4.69) is 9.97 Å². The molecule has 0 aliphatic carbocycles. The topological polar surface area (TPSA) is 46.0 Å². The van der Waals surface area contributed by atoms with Gasteiger partial charge >= 0.3 is 0 Å². The minimum atomic E-state index is -0.119. The third-order valence-corrected chi connectivity index (χ3v) is 2.29. The smallest absolute Gasteiger partial charge is 0.0941 e. The number of hydrogen-bond donors (Lipinski definition) is 1. The predicted molar refractivity (Wildman–Crippen MR) is 58.4 cm³/mol. The maximum atomic E-state index is 9.11. The van der Waals surface area contributed by atoms with E-state index in [0.29, 0.717) is 16.4 Å². The van der Waals surface area contributed by atoms with Crippen LogP contribution in [0, 0.1) is 0 Å². The second-order valence-corrected chi connectivity index (χ2v) is 3.45. The summed E-state index contributed by atoms with van der Waals surface area (Å²) in [5, 5.41) is 9.78. The molecular weight excluding hydrogens is 212 g/mol. The minimum absolute atomic E-state index is 0.119. The second-order valence-electron chi connectivity index (χ2n) is 3.02. The lowest BCUT2D eigenvalue weighted by Crippen LogP contribution is -1.95. The molecule has 0 spiro atoms. The summed E-state index contributed by atoms with van der Waals surface area (Å²) in [5.74, 6) is 0. The van der Waals surface area contributed by atoms with E-state index in [4.69, 9.17) is 16.7 Å². The zero-order valence-corrected chi connectivity index (χ0v) is 8.65. The second kappa shape index (κ2) is 4.38. The molecule has 0 aliphatic rings. The summed E-state index contributed by atoms with van der Waals surface area (Å²) in [4.78, 5) is 8.23. The van der Waals surface area contributed by atoms with E-state index in [1.165, 1.54) is 0 Å². The van der Waals surface area contributed by atoms with Gasteiger partial charge in [-0.25, -0.2) is 0 Å². The van der Waals surface area contributed by atoms with Crippen LogP contribution in [0.3, 0.4) is 0 Å². The molecule has 0 aliphatic heterocycles. The molecule has 0 bridgehead atoms. The summed E-state index contributed by atoms with van der Waals surface area (Å²) in [6, 6.07) is 7.27. The van der Waals surface area contributed by atoms with Gasteiger partial charge in [-0.3, -0.25) is 9.97 Å². The minimum Gasteiger partial charge on any atom is -0.390 e. The molecule has 0 unspecified atom stereocenters. The van der Waals surface area contributed by atoms with Crippen LogP contribution < -0.4 is 0 Å². The molecule has 4 heteroatoms. The summed E-state index contributed by atoms with van der Waals surface area (Å²) in [7, 11) is 0. The van der Waals surface area contributed by atoms with Gasteiger partial charge in [0.15, 0.2) is 0 Å². The quantitative estimate of drug-likeness (QED) is 0.845. The van der Waals surface area contributed by atoms with Crippen LogP contribution in [-0.4, -0.2) is 15.1 Å². The van der Waals surface area contributed by atoms with Crippen LogP contribution in [0.2, 0.25) is 5.02 Å². The first-order valence-electron chi connectivity index (χ1n) is 4.48. The Morgan fingerprint density at radius 3 is 2.40 bits per heavy atom. The van der Waals surface area contributed by atoms with Gasteiger partial charge in [0.05, 0.1) is 18.0 Å². The van der Waals surface area contributed by atoms with E-state index in [9.17, 15) is 0 Å². The number of aromatic nitrogens is 2. The van der Waals surface area contributed by atoms with Gasteiger partial charge in [-0.1, -0.05) is 23.7 Å². The summed E-state index contributed by atoms with van der Waals surface area (Å²) in [5.41, 5.74) is 2.16. The Labute approximate surface area is 92.4 Å². The summed E-state index contributed by atoms with van der Waals surface area (Å²) >= 11 is 5.79. The third kappa shape index (κ3) is 2.14. The molecule has 0 radical (unpaired) electrons. The summed E-state index contributed by atoms with van der Waals surface area (Å²) < 4.78 is 0. The molecule has 1 N–H and O–H groups in total. The van der Waals surface area contributed by atoms with E-state index in [0.717, 1.165) is 5.56 Å². The number of benzene rings is 1. The number of halogens is 1. The van der Waals surface area contributed by atoms with Crippen LogP contribution in [0.4, 0.5) is 0 Å². The molecular formula is C11H9ClN2O. The van der Waals surface area contributed by atoms with Crippen LogP contribution >= 0.6 is 11.6 Å². The van der Waals surface area contributed by atoms with Crippen molar-refractivity contribution >= 4 is 11.6 Å². The Balaban J connectivity index is 2.49. The van der Waals surface area contributed by atoms with E-state index < -0.39 is 0 Å². The maximum absolute atomic E-state index is 9.11. The Bertz CT molecular complexity index is 456. The lowest BCUT2D eigenvalue weighted by molar-refractivity contribution is 0.277. The van der Waals surface area contributed by atoms with Crippen LogP contribution in [-0.2, 0) is 6.61 Å². The van der Waals surface area contributed by atoms with E-state index >= 15 is 0 Å². The van der Waals surface area contributed by atoms with E-state index in [-0.39, 0.29) is 6.61 Å². The largest absolute Gasteiger partial charge is 0.390 e. The molecule has 0 fully saturated rings. The van der Waals surface area contributed by atoms with E-state index in [1.54, 1.807) is 24.5 Å². The first-order valence-corrected chi connectivity index (χ1v) is 4.86. The van der Waals surface area contributed by atoms with Gasteiger partial charge in [-0.15, -0.1) is 0 Å². The van der Waals surface area contributed by atoms with Crippen LogP contribution in [0.25, 0.3) is 11.3 Å². The molecule has 2 aromatic rings. The van der Waals surface area contributed by atoms with Gasteiger partial charge in [0.2, 0.25) is 0 Å². The third-order valence-electron chi connectivity index (χ3n) is 2.04. The molecule has 1 heterocycles. The molecule has 76 valence electrons. The first kappa shape index (κ1) is 10.1. The highest BCUT2D eigenvalue weighted by Crippen LogP contribution is 2.21. The standard InChI is InChI=1S/C11H9ClN2O/c12-9-3-1-8(2-4-9)11-10(7-15)13-5-6-14-11/h1-6,15H,7H2. The Hall–Kier alpha value is -1.45. The number of rotatable bonds is 2. The molecule has 1 aromatic carbocycles. The van der Waals surface area contributed by atoms with Crippen molar-refractivity contribution in [3.8, 4) is 11.3 Å². The summed E-state index contributed by atoms with van der Waals surface area (Å²) in [6.45, 7) is -0.119. The number of aliphatic hydroxyl groups is 1. The predicted octanol–water partition coefficient (Wildman–Crippen LogP) is 2.29. The van der Waals surface area contributed by atoms with Gasteiger partial charge in [-0.2, -0.15) is 0 Å². The van der Waals surface area contributed by atoms with Crippen molar-refractivity contribution in [3.63, 3.8) is 0 Å². The van der Waals surface area contributed by atoms with Crippen molar-refractivity contribution in [1.82, 2.24) is 9.97 Å². The van der Waals surface area contributed by atoms with Gasteiger partial charge < -0.3 is 5.11 Å². The summed E-state index contributed by atoms with van der Waals surface area (Å²) in [6.07, 6.45) is 3.16. The van der Waals surface area contributed by atoms with Gasteiger partial charge in [0.25, 0.3) is 0 Å².